The highest BCUT2D eigenvalue weighted by Crippen LogP contribution is 2.07. The van der Waals surface area contributed by atoms with Crippen LogP contribution < -0.4 is 5.73 Å². The van der Waals surface area contributed by atoms with Crippen LogP contribution in [0.5, 0.6) is 0 Å². The lowest BCUT2D eigenvalue weighted by molar-refractivity contribution is 0.108. The average molecular weight is 254 g/mol. The molecule has 8 heteroatoms. The molecule has 1 aromatic rings. The van der Waals surface area contributed by atoms with Crippen molar-refractivity contribution in [3.8, 4) is 0 Å². The molecule has 0 heterocycles. The number of carbonyl (C=O) groups is 1. The van der Waals surface area contributed by atoms with Gasteiger partial charge in [-0.3, -0.25) is 13.9 Å². The molecule has 15 heavy (non-hydrogen) atoms. The number of halogens is 1. The fourth-order valence-electron chi connectivity index (χ4n) is 0.614. The second kappa shape index (κ2) is 5.66. The molecule has 0 radical (unpaired) electrons. The Morgan fingerprint density at radius 2 is 1.53 bits per heavy atom. The van der Waals surface area contributed by atoms with Crippen LogP contribution in [0.4, 0.5) is 5.69 Å². The largest absolute Gasteiger partial charge is 0.399 e. The predicted molar refractivity (Wildman–Crippen MR) is 55.2 cm³/mol. The number of nitrogen functional groups attached to an aromatic ring is 1. The molecule has 0 unspecified atom stereocenters. The molecule has 0 aromatic heterocycles. The number of nitrogens with two attached hydrogens (primary N) is 1. The third-order valence-corrected chi connectivity index (χ3v) is 1.36. The molecule has 0 aliphatic heterocycles. The van der Waals surface area contributed by atoms with E-state index in [4.69, 9.17) is 34.9 Å². The van der Waals surface area contributed by atoms with E-state index >= 15 is 0 Å². The second-order valence-electron chi connectivity index (χ2n) is 2.34. The van der Waals surface area contributed by atoms with E-state index in [2.05, 4.69) is 0 Å². The molecule has 6 nitrogen and oxygen atoms in total. The molecule has 0 spiro atoms. The Morgan fingerprint density at radius 1 is 1.20 bits per heavy atom. The third kappa shape index (κ3) is 9.16. The maximum Gasteiger partial charge on any atom is 0.394 e. The highest BCUT2D eigenvalue weighted by Gasteiger charge is 1.98. The summed E-state index contributed by atoms with van der Waals surface area (Å²) in [5, 5.41) is -0.458. The zero-order valence-electron chi connectivity index (χ0n) is 7.29. The first-order valence-electron chi connectivity index (χ1n) is 3.45. The van der Waals surface area contributed by atoms with Crippen LogP contribution >= 0.6 is 11.6 Å². The lowest BCUT2D eigenvalue weighted by atomic mass is 10.2. The number of hydrogen-bond donors (Lipinski definition) is 3. The van der Waals surface area contributed by atoms with Crippen molar-refractivity contribution in [3.05, 3.63) is 29.8 Å². The summed E-state index contributed by atoms with van der Waals surface area (Å²) in [6.07, 6.45) is 0. The van der Waals surface area contributed by atoms with Gasteiger partial charge in [-0.25, -0.2) is 0 Å². The van der Waals surface area contributed by atoms with Gasteiger partial charge >= 0.3 is 10.4 Å². The van der Waals surface area contributed by atoms with E-state index in [1.165, 1.54) is 0 Å². The summed E-state index contributed by atoms with van der Waals surface area (Å²) in [5.41, 5.74) is 6.47. The molecular formula is C7H8ClNO5S. The summed E-state index contributed by atoms with van der Waals surface area (Å²) in [4.78, 5) is 10.5. The van der Waals surface area contributed by atoms with E-state index in [9.17, 15) is 4.79 Å². The molecule has 0 atom stereocenters. The Hall–Kier alpha value is -1.15. The topological polar surface area (TPSA) is 118 Å². The second-order valence-corrected chi connectivity index (χ2v) is 3.58. The first-order chi connectivity index (χ1) is 6.70. The van der Waals surface area contributed by atoms with Crippen molar-refractivity contribution in [2.45, 2.75) is 0 Å². The SMILES string of the molecule is Nc1ccc(C(=O)Cl)cc1.O=S(=O)(O)O. The van der Waals surface area contributed by atoms with E-state index in [0.717, 1.165) is 0 Å². The number of carbonyl (C=O) groups excluding carboxylic acids is 1. The van der Waals surface area contributed by atoms with Crippen molar-refractivity contribution in [1.29, 1.82) is 0 Å². The number of hydrogen-bond acceptors (Lipinski definition) is 4. The Morgan fingerprint density at radius 3 is 1.80 bits per heavy atom. The van der Waals surface area contributed by atoms with E-state index in [-0.39, 0.29) is 0 Å². The molecule has 1 aromatic carbocycles. The summed E-state index contributed by atoms with van der Waals surface area (Å²) < 4.78 is 31.6. The van der Waals surface area contributed by atoms with Gasteiger partial charge in [-0.15, -0.1) is 0 Å². The van der Waals surface area contributed by atoms with E-state index < -0.39 is 15.6 Å². The fraction of sp³-hybridized carbons (Fsp3) is 0. The number of anilines is 1. The van der Waals surface area contributed by atoms with Gasteiger partial charge in [-0.1, -0.05) is 0 Å². The molecule has 0 aliphatic carbocycles. The quantitative estimate of drug-likeness (QED) is 0.390. The van der Waals surface area contributed by atoms with Gasteiger partial charge in [0.15, 0.2) is 0 Å². The molecule has 84 valence electrons. The lowest BCUT2D eigenvalue weighted by Crippen LogP contribution is -1.89. The Bertz CT molecular complexity index is 419. The van der Waals surface area contributed by atoms with Gasteiger partial charge in [-0.2, -0.15) is 8.42 Å². The molecule has 0 saturated heterocycles. The van der Waals surface area contributed by atoms with Crippen molar-refractivity contribution in [3.63, 3.8) is 0 Å². The minimum absolute atomic E-state index is 0.458. The monoisotopic (exact) mass is 253 g/mol. The van der Waals surface area contributed by atoms with Crippen LogP contribution in [0.15, 0.2) is 24.3 Å². The Labute approximate surface area is 91.2 Å². The van der Waals surface area contributed by atoms with Crippen LogP contribution in [0.25, 0.3) is 0 Å². The molecule has 1 rings (SSSR count). The zero-order chi connectivity index (χ0) is 12.1. The van der Waals surface area contributed by atoms with E-state index in [1.54, 1.807) is 24.3 Å². The normalized spacial score (nSPS) is 10.1. The van der Waals surface area contributed by atoms with Gasteiger partial charge in [0, 0.05) is 11.3 Å². The molecule has 0 aliphatic rings. The first kappa shape index (κ1) is 13.8. The van der Waals surface area contributed by atoms with Gasteiger partial charge < -0.3 is 5.73 Å². The van der Waals surface area contributed by atoms with Crippen LogP contribution in [0, 0.1) is 0 Å². The summed E-state index contributed by atoms with van der Waals surface area (Å²) in [6.45, 7) is 0. The number of rotatable bonds is 1. The van der Waals surface area contributed by atoms with Crippen molar-refractivity contribution < 1.29 is 22.3 Å². The summed E-state index contributed by atoms with van der Waals surface area (Å²) in [7, 11) is -4.67. The molecule has 0 amide bonds. The summed E-state index contributed by atoms with van der Waals surface area (Å²) in [5.74, 6) is 0. The van der Waals surface area contributed by atoms with Crippen molar-refractivity contribution in [2.75, 3.05) is 5.73 Å². The maximum atomic E-state index is 10.5. The van der Waals surface area contributed by atoms with Crippen molar-refractivity contribution >= 4 is 32.9 Å². The van der Waals surface area contributed by atoms with Gasteiger partial charge in [0.25, 0.3) is 5.24 Å². The van der Waals surface area contributed by atoms with Crippen LogP contribution in [0.1, 0.15) is 10.4 Å². The number of benzene rings is 1. The van der Waals surface area contributed by atoms with E-state index in [1.807, 2.05) is 0 Å². The highest BCUT2D eigenvalue weighted by molar-refractivity contribution is 7.79. The smallest absolute Gasteiger partial charge is 0.394 e. The Kier molecular flexibility index (Phi) is 5.23. The third-order valence-electron chi connectivity index (χ3n) is 1.14. The fourth-order valence-corrected chi connectivity index (χ4v) is 0.740. The van der Waals surface area contributed by atoms with Crippen molar-refractivity contribution in [2.24, 2.45) is 0 Å². The van der Waals surface area contributed by atoms with Crippen LogP contribution in [0.3, 0.4) is 0 Å². The van der Waals surface area contributed by atoms with Gasteiger partial charge in [0.2, 0.25) is 0 Å². The van der Waals surface area contributed by atoms with Crippen molar-refractivity contribution in [1.82, 2.24) is 0 Å². The minimum atomic E-state index is -4.67. The van der Waals surface area contributed by atoms with Gasteiger partial charge in [-0.05, 0) is 35.9 Å². The first-order valence-corrected chi connectivity index (χ1v) is 5.23. The predicted octanol–water partition coefficient (Wildman–Crippen LogP) is 0.995. The molecule has 4 N–H and O–H groups in total. The van der Waals surface area contributed by atoms with Gasteiger partial charge in [0.05, 0.1) is 0 Å². The Balaban J connectivity index is 0.000000336. The van der Waals surface area contributed by atoms with Gasteiger partial charge in [0.1, 0.15) is 0 Å². The highest BCUT2D eigenvalue weighted by atomic mass is 35.5. The molecular weight excluding hydrogens is 246 g/mol. The minimum Gasteiger partial charge on any atom is -0.399 e. The zero-order valence-corrected chi connectivity index (χ0v) is 8.86. The standard InChI is InChI=1S/C7H6ClNO.H2O4S/c8-7(10)5-1-3-6(9)4-2-5;1-5(2,3)4/h1-4H,9H2;(H2,1,2,3,4). The summed E-state index contributed by atoms with van der Waals surface area (Å²) in [6, 6.07) is 6.44. The van der Waals surface area contributed by atoms with Crippen LogP contribution in [-0.2, 0) is 10.4 Å². The molecule has 0 bridgehead atoms. The summed E-state index contributed by atoms with van der Waals surface area (Å²) >= 11 is 5.18. The van der Waals surface area contributed by atoms with Crippen LogP contribution in [-0.4, -0.2) is 22.8 Å². The lowest BCUT2D eigenvalue weighted by Gasteiger charge is -1.92. The average Bonchev–Trinajstić information content (AvgIpc) is 2.01. The molecule has 0 saturated carbocycles. The van der Waals surface area contributed by atoms with E-state index in [0.29, 0.717) is 11.3 Å². The van der Waals surface area contributed by atoms with Crippen LogP contribution in [0.2, 0.25) is 0 Å². The maximum absolute atomic E-state index is 10.5. The molecule has 0 fully saturated rings.